The molecule has 4 heteroatoms. The molecule has 1 aliphatic heterocycles. The first-order valence-electron chi connectivity index (χ1n) is 4.08. The lowest BCUT2D eigenvalue weighted by molar-refractivity contribution is -0.242. The van der Waals surface area contributed by atoms with Crippen LogP contribution in [0.25, 0.3) is 0 Å². The third kappa shape index (κ3) is 1.44. The lowest BCUT2D eigenvalue weighted by atomic mass is 9.86. The van der Waals surface area contributed by atoms with Crippen LogP contribution in [-0.2, 0) is 4.79 Å². The fourth-order valence-corrected chi connectivity index (χ4v) is 1.36. The van der Waals surface area contributed by atoms with Gasteiger partial charge in [-0.1, -0.05) is 25.9 Å². The minimum Gasteiger partial charge on any atom is -0.294 e. The first kappa shape index (κ1) is 9.48. The molecule has 0 aliphatic carbocycles. The van der Waals surface area contributed by atoms with Gasteiger partial charge in [0.05, 0.1) is 6.04 Å². The van der Waals surface area contributed by atoms with E-state index in [-0.39, 0.29) is 17.4 Å². The van der Waals surface area contributed by atoms with E-state index in [0.717, 1.165) is 5.17 Å². The predicted molar refractivity (Wildman–Crippen MR) is 44.3 cm³/mol. The van der Waals surface area contributed by atoms with Gasteiger partial charge in [-0.25, -0.2) is 0 Å². The smallest absolute Gasteiger partial charge is 0.240 e. The fourth-order valence-electron chi connectivity index (χ4n) is 1.36. The van der Waals surface area contributed by atoms with Crippen molar-refractivity contribution in [1.82, 2.24) is 10.2 Å². The number of hydrogen-bond acceptors (Lipinski definition) is 3. The molecule has 0 saturated carbocycles. The molecule has 1 rings (SSSR count). The summed E-state index contributed by atoms with van der Waals surface area (Å²) in [5.74, 6) is -0.0302. The molecule has 1 atom stereocenters. The second-order valence-electron chi connectivity index (χ2n) is 4.32. The maximum Gasteiger partial charge on any atom is 0.240 e. The minimum absolute atomic E-state index is 0.0302. The van der Waals surface area contributed by atoms with Crippen LogP contribution in [0.3, 0.4) is 0 Å². The summed E-state index contributed by atoms with van der Waals surface area (Å²) >= 11 is 0. The highest BCUT2D eigenvalue weighted by Crippen LogP contribution is 2.31. The van der Waals surface area contributed by atoms with E-state index in [4.69, 9.17) is 0 Å². The van der Waals surface area contributed by atoms with Crippen LogP contribution in [0.4, 0.5) is 0 Å². The van der Waals surface area contributed by atoms with Gasteiger partial charge in [0.2, 0.25) is 5.91 Å². The van der Waals surface area contributed by atoms with Crippen molar-refractivity contribution < 1.29 is 10.0 Å². The zero-order chi connectivity index (χ0) is 9.52. The Hall–Kier alpha value is -0.610. The number of hydrogen-bond donors (Lipinski definition) is 1. The zero-order valence-corrected chi connectivity index (χ0v) is 8.03. The molecular weight excluding hydrogens is 156 g/mol. The number of hydrazine groups is 1. The quantitative estimate of drug-likeness (QED) is 0.589. The van der Waals surface area contributed by atoms with E-state index in [2.05, 4.69) is 0 Å². The van der Waals surface area contributed by atoms with Crippen molar-refractivity contribution >= 4 is 5.91 Å². The predicted octanol–water partition coefficient (Wildman–Crippen LogP) is 0.869. The molecule has 0 aromatic heterocycles. The van der Waals surface area contributed by atoms with Crippen LogP contribution in [0, 0.1) is 5.41 Å². The second-order valence-corrected chi connectivity index (χ2v) is 4.32. The van der Waals surface area contributed by atoms with Crippen LogP contribution in [0.5, 0.6) is 0 Å². The molecule has 0 bridgehead atoms. The zero-order valence-electron chi connectivity index (χ0n) is 8.03. The summed E-state index contributed by atoms with van der Waals surface area (Å²) in [5, 5.41) is 11.8. The molecule has 1 amide bonds. The Kier molecular flexibility index (Phi) is 2.14. The van der Waals surface area contributed by atoms with Crippen molar-refractivity contribution in [2.75, 3.05) is 7.05 Å². The lowest BCUT2D eigenvalue weighted by Gasteiger charge is -2.31. The number of nitrogens with zero attached hydrogens (tertiary/aromatic N) is 2. The van der Waals surface area contributed by atoms with E-state index in [1.165, 1.54) is 5.01 Å². The lowest BCUT2D eigenvalue weighted by Crippen LogP contribution is -2.42. The Morgan fingerprint density at radius 3 is 2.17 bits per heavy atom. The third-order valence-corrected chi connectivity index (χ3v) is 2.31. The molecule has 4 nitrogen and oxygen atoms in total. The highest BCUT2D eigenvalue weighted by molar-refractivity contribution is 5.77. The minimum atomic E-state index is -0.102. The number of rotatable bonds is 0. The van der Waals surface area contributed by atoms with E-state index in [1.54, 1.807) is 7.05 Å². The molecule has 70 valence electrons. The standard InChI is InChI=1S/C8H16N2O2/c1-8(2,3)6-5-7(11)9(4)10(6)12/h6,12H,5H2,1-4H3/t6-/m1/s1. The SMILES string of the molecule is CN1C(=O)C[C@H](C(C)(C)C)N1O. The highest BCUT2D eigenvalue weighted by Gasteiger charge is 2.41. The summed E-state index contributed by atoms with van der Waals surface area (Å²) in [6.07, 6.45) is 0.399. The maximum absolute atomic E-state index is 11.2. The monoisotopic (exact) mass is 172 g/mol. The van der Waals surface area contributed by atoms with Gasteiger partial charge in [-0.05, 0) is 5.41 Å². The van der Waals surface area contributed by atoms with Crippen molar-refractivity contribution in [3.05, 3.63) is 0 Å². The van der Waals surface area contributed by atoms with Crippen LogP contribution in [-0.4, -0.2) is 34.4 Å². The average Bonchev–Trinajstić information content (AvgIpc) is 2.15. The molecule has 1 heterocycles. The Morgan fingerprint density at radius 1 is 1.50 bits per heavy atom. The Bertz CT molecular complexity index is 198. The molecule has 1 N–H and O–H groups in total. The van der Waals surface area contributed by atoms with Gasteiger partial charge in [-0.15, -0.1) is 0 Å². The largest absolute Gasteiger partial charge is 0.294 e. The maximum atomic E-state index is 11.2. The van der Waals surface area contributed by atoms with Gasteiger partial charge in [0.15, 0.2) is 0 Å². The van der Waals surface area contributed by atoms with Gasteiger partial charge in [-0.3, -0.25) is 15.0 Å². The molecule has 1 aliphatic rings. The number of carbonyl (C=O) groups is 1. The van der Waals surface area contributed by atoms with Crippen LogP contribution in [0.1, 0.15) is 27.2 Å². The molecule has 0 aromatic rings. The molecule has 0 aromatic carbocycles. The van der Waals surface area contributed by atoms with E-state index in [9.17, 15) is 10.0 Å². The molecule has 1 saturated heterocycles. The molecule has 12 heavy (non-hydrogen) atoms. The van der Waals surface area contributed by atoms with Crippen molar-refractivity contribution in [1.29, 1.82) is 0 Å². The van der Waals surface area contributed by atoms with Crippen molar-refractivity contribution in [3.63, 3.8) is 0 Å². The van der Waals surface area contributed by atoms with Gasteiger partial charge in [-0.2, -0.15) is 0 Å². The Balaban J connectivity index is 2.78. The number of hydroxylamine groups is 1. The van der Waals surface area contributed by atoms with Gasteiger partial charge in [0.25, 0.3) is 0 Å². The third-order valence-electron chi connectivity index (χ3n) is 2.31. The summed E-state index contributed by atoms with van der Waals surface area (Å²) in [6.45, 7) is 6.02. The summed E-state index contributed by atoms with van der Waals surface area (Å²) in [4.78, 5) is 11.2. The van der Waals surface area contributed by atoms with Crippen LogP contribution >= 0.6 is 0 Å². The molecule has 0 spiro atoms. The van der Waals surface area contributed by atoms with Gasteiger partial charge in [0, 0.05) is 13.5 Å². The van der Waals surface area contributed by atoms with Gasteiger partial charge in [0.1, 0.15) is 0 Å². The van der Waals surface area contributed by atoms with E-state index >= 15 is 0 Å². The first-order valence-corrected chi connectivity index (χ1v) is 4.08. The normalized spacial score (nSPS) is 26.9. The summed E-state index contributed by atoms with van der Waals surface area (Å²) < 4.78 is 0. The van der Waals surface area contributed by atoms with Gasteiger partial charge >= 0.3 is 0 Å². The number of amides is 1. The van der Waals surface area contributed by atoms with Crippen LogP contribution < -0.4 is 0 Å². The summed E-state index contributed by atoms with van der Waals surface area (Å²) in [7, 11) is 1.58. The Morgan fingerprint density at radius 2 is 2.00 bits per heavy atom. The first-order chi connectivity index (χ1) is 5.34. The second kappa shape index (κ2) is 2.71. The molecular formula is C8H16N2O2. The Labute approximate surface area is 72.7 Å². The highest BCUT2D eigenvalue weighted by atomic mass is 16.6. The average molecular weight is 172 g/mol. The van der Waals surface area contributed by atoms with Crippen molar-refractivity contribution in [3.8, 4) is 0 Å². The summed E-state index contributed by atoms with van der Waals surface area (Å²) in [6, 6.07) is -0.102. The van der Waals surface area contributed by atoms with E-state index < -0.39 is 0 Å². The van der Waals surface area contributed by atoms with Crippen LogP contribution in [0.15, 0.2) is 0 Å². The van der Waals surface area contributed by atoms with Crippen LogP contribution in [0.2, 0.25) is 0 Å². The fraction of sp³-hybridized carbons (Fsp3) is 0.875. The van der Waals surface area contributed by atoms with Crippen molar-refractivity contribution in [2.45, 2.75) is 33.2 Å². The molecule has 0 radical (unpaired) electrons. The van der Waals surface area contributed by atoms with E-state index in [1.807, 2.05) is 20.8 Å². The topological polar surface area (TPSA) is 43.8 Å². The molecule has 1 fully saturated rings. The number of carbonyl (C=O) groups excluding carboxylic acids is 1. The molecule has 0 unspecified atom stereocenters. The van der Waals surface area contributed by atoms with E-state index in [0.29, 0.717) is 6.42 Å². The van der Waals surface area contributed by atoms with Crippen molar-refractivity contribution in [2.24, 2.45) is 5.41 Å². The summed E-state index contributed by atoms with van der Waals surface area (Å²) in [5.41, 5.74) is -0.0742. The van der Waals surface area contributed by atoms with Gasteiger partial charge < -0.3 is 0 Å².